The second-order valence-electron chi connectivity index (χ2n) is 10.8. The molecule has 0 unspecified atom stereocenters. The summed E-state index contributed by atoms with van der Waals surface area (Å²) in [6, 6.07) is 21.9. The first kappa shape index (κ1) is 32.5. The summed E-state index contributed by atoms with van der Waals surface area (Å²) >= 11 is 14.0. The van der Waals surface area contributed by atoms with Gasteiger partial charge in [-0.3, -0.25) is 9.69 Å². The van der Waals surface area contributed by atoms with Crippen molar-refractivity contribution in [3.63, 3.8) is 0 Å². The standard InChI is InChI=1S/C34H33Cl2N3O5S/c1-21-20-45-34(38(21)19-23-7-17-28(42-4)18-8-23)29(22(2)30(40)43-5)39(27-15-11-25(36)12-16-27)31(33(34,3)32(41)44-6)37-26-13-9-24(35)10-14-26/h7-18,20H,19H2,1-6H3/b29-22+,37-31?/t33-,34-/m0/s1. The number of aliphatic imine (C=N–C) groups is 1. The molecular formula is C34H33Cl2N3O5S. The minimum absolute atomic E-state index is 0.305. The normalized spacial score (nSPS) is 22.9. The van der Waals surface area contributed by atoms with E-state index in [-0.39, 0.29) is 0 Å². The van der Waals surface area contributed by atoms with Crippen LogP contribution in [0.5, 0.6) is 5.75 Å². The van der Waals surface area contributed by atoms with Gasteiger partial charge in [0.25, 0.3) is 0 Å². The van der Waals surface area contributed by atoms with Crippen molar-refractivity contribution < 1.29 is 23.8 Å². The lowest BCUT2D eigenvalue weighted by Gasteiger charge is -2.45. The molecule has 1 saturated heterocycles. The van der Waals surface area contributed by atoms with E-state index in [0.29, 0.717) is 45.1 Å². The van der Waals surface area contributed by atoms with E-state index >= 15 is 0 Å². The van der Waals surface area contributed by atoms with Crippen LogP contribution in [0.1, 0.15) is 26.3 Å². The number of hydrogen-bond acceptors (Lipinski definition) is 8. The smallest absolute Gasteiger partial charge is 0.335 e. The van der Waals surface area contributed by atoms with Gasteiger partial charge in [0, 0.05) is 28.0 Å². The Morgan fingerprint density at radius 1 is 0.889 bits per heavy atom. The van der Waals surface area contributed by atoms with Gasteiger partial charge in [-0.1, -0.05) is 47.1 Å². The van der Waals surface area contributed by atoms with E-state index in [9.17, 15) is 9.59 Å². The fourth-order valence-corrected chi connectivity index (χ4v) is 7.71. The Balaban J connectivity index is 1.89. The highest BCUT2D eigenvalue weighted by Gasteiger charge is 2.72. The highest BCUT2D eigenvalue weighted by Crippen LogP contribution is 2.64. The number of halogens is 2. The van der Waals surface area contributed by atoms with Crippen molar-refractivity contribution in [3.05, 3.63) is 111 Å². The van der Waals surface area contributed by atoms with Crippen molar-refractivity contribution in [2.75, 3.05) is 26.2 Å². The molecule has 0 amide bonds. The van der Waals surface area contributed by atoms with E-state index in [1.165, 1.54) is 26.0 Å². The van der Waals surface area contributed by atoms with Gasteiger partial charge >= 0.3 is 11.9 Å². The summed E-state index contributed by atoms with van der Waals surface area (Å²) in [7, 11) is 4.31. The zero-order valence-corrected chi connectivity index (χ0v) is 28.1. The molecular weight excluding hydrogens is 633 g/mol. The molecule has 2 aliphatic rings. The van der Waals surface area contributed by atoms with Crippen LogP contribution in [0.25, 0.3) is 0 Å². The van der Waals surface area contributed by atoms with Gasteiger partial charge in [-0.15, -0.1) is 0 Å². The molecule has 0 aromatic heterocycles. The minimum Gasteiger partial charge on any atom is -0.497 e. The highest BCUT2D eigenvalue weighted by atomic mass is 35.5. The van der Waals surface area contributed by atoms with E-state index in [1.54, 1.807) is 50.4 Å². The molecule has 2 heterocycles. The monoisotopic (exact) mass is 665 g/mol. The van der Waals surface area contributed by atoms with Crippen LogP contribution in [0.2, 0.25) is 10.0 Å². The molecule has 0 aliphatic carbocycles. The SMILES string of the molecule is COC(=O)/C(C)=C1/N(c2ccc(Cl)cc2)C(=Nc2ccc(Cl)cc2)[C@@](C)(C(=O)OC)[C@@]12SC=C(C)N2Cc1ccc(OC)cc1. The van der Waals surface area contributed by atoms with Crippen LogP contribution in [-0.4, -0.2) is 48.9 Å². The molecule has 0 radical (unpaired) electrons. The quantitative estimate of drug-likeness (QED) is 0.186. The Hall–Kier alpha value is -3.92. The summed E-state index contributed by atoms with van der Waals surface area (Å²) in [5.41, 5.74) is 2.41. The van der Waals surface area contributed by atoms with Gasteiger partial charge < -0.3 is 19.1 Å². The third kappa shape index (κ3) is 5.47. The van der Waals surface area contributed by atoms with Crippen molar-refractivity contribution in [1.82, 2.24) is 4.90 Å². The number of anilines is 1. The Bertz CT molecular complexity index is 1710. The average molecular weight is 667 g/mol. The van der Waals surface area contributed by atoms with Crippen molar-refractivity contribution in [3.8, 4) is 5.75 Å². The predicted octanol–water partition coefficient (Wildman–Crippen LogP) is 7.99. The van der Waals surface area contributed by atoms with E-state index in [0.717, 1.165) is 17.0 Å². The van der Waals surface area contributed by atoms with Gasteiger partial charge in [-0.05, 0) is 92.4 Å². The van der Waals surface area contributed by atoms with Crippen LogP contribution < -0.4 is 9.64 Å². The maximum absolute atomic E-state index is 14.4. The molecule has 3 aromatic rings. The van der Waals surface area contributed by atoms with E-state index in [4.69, 9.17) is 42.4 Å². The number of carbonyl (C=O) groups excluding carboxylic acids is 2. The number of esters is 2. The summed E-state index contributed by atoms with van der Waals surface area (Å²) in [6.45, 7) is 5.89. The number of methoxy groups -OCH3 is 3. The van der Waals surface area contributed by atoms with E-state index in [2.05, 4.69) is 4.90 Å². The number of carbonyl (C=O) groups is 2. The number of amidine groups is 1. The molecule has 45 heavy (non-hydrogen) atoms. The molecule has 2 atom stereocenters. The molecule has 3 aromatic carbocycles. The van der Waals surface area contributed by atoms with E-state index in [1.807, 2.05) is 60.6 Å². The number of nitrogens with zero attached hydrogens (tertiary/aromatic N) is 3. The second-order valence-corrected chi connectivity index (χ2v) is 12.7. The Kier molecular flexibility index (Phi) is 9.26. The summed E-state index contributed by atoms with van der Waals surface area (Å²) in [5, 5.41) is 3.08. The Morgan fingerprint density at radius 3 is 2.04 bits per heavy atom. The van der Waals surface area contributed by atoms with Gasteiger partial charge in [0.1, 0.15) is 11.6 Å². The molecule has 234 valence electrons. The highest BCUT2D eigenvalue weighted by molar-refractivity contribution is 8.04. The van der Waals surface area contributed by atoms with Crippen LogP contribution in [-0.2, 0) is 25.6 Å². The van der Waals surface area contributed by atoms with Crippen LogP contribution in [0.15, 0.2) is 100 Å². The molecule has 5 rings (SSSR count). The first-order valence-corrected chi connectivity index (χ1v) is 15.7. The van der Waals surface area contributed by atoms with Gasteiger partial charge in [0.15, 0.2) is 10.3 Å². The Morgan fingerprint density at radius 2 is 1.49 bits per heavy atom. The average Bonchev–Trinajstić information content (AvgIpc) is 3.49. The summed E-state index contributed by atoms with van der Waals surface area (Å²) in [4.78, 5) is 35.7. The van der Waals surface area contributed by atoms with Crippen LogP contribution in [0.3, 0.4) is 0 Å². The fraction of sp³-hybridized carbons (Fsp3) is 0.265. The topological polar surface area (TPSA) is 80.7 Å². The molecule has 0 bridgehead atoms. The molecule has 11 heteroatoms. The van der Waals surface area contributed by atoms with Gasteiger partial charge in [-0.25, -0.2) is 9.79 Å². The number of ether oxygens (including phenoxy) is 3. The summed E-state index contributed by atoms with van der Waals surface area (Å²) in [6.07, 6.45) is 0. The molecule has 0 saturated carbocycles. The second kappa shape index (κ2) is 12.8. The molecule has 8 nitrogen and oxygen atoms in total. The first-order valence-electron chi connectivity index (χ1n) is 14.1. The lowest BCUT2D eigenvalue weighted by atomic mass is 9.79. The maximum Gasteiger partial charge on any atom is 0.335 e. The zero-order chi connectivity index (χ0) is 32.5. The lowest BCUT2D eigenvalue weighted by molar-refractivity contribution is -0.150. The largest absolute Gasteiger partial charge is 0.497 e. The summed E-state index contributed by atoms with van der Waals surface area (Å²) in [5.74, 6) is 0.00723. The fourth-order valence-electron chi connectivity index (χ4n) is 5.88. The van der Waals surface area contributed by atoms with Crippen molar-refractivity contribution in [2.45, 2.75) is 32.2 Å². The van der Waals surface area contributed by atoms with Gasteiger partial charge in [0.05, 0.1) is 38.3 Å². The molecule has 0 N–H and O–H groups in total. The van der Waals surface area contributed by atoms with Gasteiger partial charge in [-0.2, -0.15) is 0 Å². The molecule has 1 fully saturated rings. The zero-order valence-electron chi connectivity index (χ0n) is 25.8. The maximum atomic E-state index is 14.4. The van der Waals surface area contributed by atoms with Crippen molar-refractivity contribution in [1.29, 1.82) is 0 Å². The molecule has 2 aliphatic heterocycles. The number of thioether (sulfide) groups is 1. The lowest BCUT2D eigenvalue weighted by Crippen LogP contribution is -2.57. The van der Waals surface area contributed by atoms with E-state index < -0.39 is 22.2 Å². The predicted molar refractivity (Wildman–Crippen MR) is 180 cm³/mol. The van der Waals surface area contributed by atoms with Crippen molar-refractivity contribution in [2.24, 2.45) is 10.4 Å². The van der Waals surface area contributed by atoms with Crippen molar-refractivity contribution >= 4 is 64.1 Å². The number of benzene rings is 3. The van der Waals surface area contributed by atoms with Gasteiger partial charge in [0.2, 0.25) is 0 Å². The summed E-state index contributed by atoms with van der Waals surface area (Å²) < 4.78 is 16.3. The number of allylic oxidation sites excluding steroid dienone is 1. The first-order chi connectivity index (χ1) is 21.5. The van der Waals surface area contributed by atoms with Crippen LogP contribution in [0, 0.1) is 5.41 Å². The van der Waals surface area contributed by atoms with Crippen LogP contribution >= 0.6 is 35.0 Å². The minimum atomic E-state index is -1.48. The van der Waals surface area contributed by atoms with Crippen LogP contribution in [0.4, 0.5) is 11.4 Å². The Labute approximate surface area is 277 Å². The third-order valence-corrected chi connectivity index (χ3v) is 10.3. The molecule has 1 spiro atoms. The third-order valence-electron chi connectivity index (χ3n) is 8.17. The number of rotatable bonds is 7. The number of hydrogen-bond donors (Lipinski definition) is 0.